The van der Waals surface area contributed by atoms with E-state index < -0.39 is 0 Å². The summed E-state index contributed by atoms with van der Waals surface area (Å²) < 4.78 is 19.6. The minimum Gasteiger partial charge on any atom is -0.497 e. The molecule has 0 radical (unpaired) electrons. The van der Waals surface area contributed by atoms with Gasteiger partial charge in [-0.25, -0.2) is 4.39 Å². The lowest BCUT2D eigenvalue weighted by molar-refractivity contribution is 0.414. The van der Waals surface area contributed by atoms with Gasteiger partial charge in [0.1, 0.15) is 11.6 Å². The second kappa shape index (κ2) is 7.05. The number of rotatable bonds is 5. The maximum absolute atomic E-state index is 13.8. The van der Waals surface area contributed by atoms with E-state index in [1.807, 2.05) is 38.1 Å². The summed E-state index contributed by atoms with van der Waals surface area (Å²) in [4.78, 5) is 0. The third kappa shape index (κ3) is 3.44. The molecule has 2 nitrogen and oxygen atoms in total. The van der Waals surface area contributed by atoms with E-state index in [0.29, 0.717) is 4.47 Å². The van der Waals surface area contributed by atoms with Crippen molar-refractivity contribution in [2.75, 3.05) is 13.7 Å². The molecule has 2 rings (SSSR count). The molecule has 0 aliphatic carbocycles. The number of aryl methyl sites for hydroxylation is 1. The van der Waals surface area contributed by atoms with E-state index >= 15 is 0 Å². The summed E-state index contributed by atoms with van der Waals surface area (Å²) in [6, 6.07) is 11.0. The molecule has 0 aliphatic rings. The molecule has 4 heteroatoms. The molecule has 1 atom stereocenters. The highest BCUT2D eigenvalue weighted by molar-refractivity contribution is 9.10. The average Bonchev–Trinajstić information content (AvgIpc) is 2.48. The predicted molar refractivity (Wildman–Crippen MR) is 87.4 cm³/mol. The van der Waals surface area contributed by atoms with Gasteiger partial charge in [0.25, 0.3) is 0 Å². The molecule has 0 amide bonds. The molecule has 0 saturated heterocycles. The molecule has 2 aromatic carbocycles. The van der Waals surface area contributed by atoms with Crippen LogP contribution in [-0.2, 0) is 0 Å². The van der Waals surface area contributed by atoms with Crippen molar-refractivity contribution < 1.29 is 9.13 Å². The van der Waals surface area contributed by atoms with E-state index in [-0.39, 0.29) is 11.9 Å². The van der Waals surface area contributed by atoms with Crippen LogP contribution < -0.4 is 10.1 Å². The summed E-state index contributed by atoms with van der Waals surface area (Å²) in [5.41, 5.74) is 3.12. The Hall–Kier alpha value is -1.39. The Morgan fingerprint density at radius 3 is 2.62 bits per heavy atom. The standard InChI is InChI=1S/C17H19BrFNO/c1-4-20-17(14-6-5-7-15(19)16(14)18)13-9-8-12(21-3)10-11(13)2/h5-10,17,20H,4H2,1-3H3. The van der Waals surface area contributed by atoms with Crippen molar-refractivity contribution in [2.45, 2.75) is 19.9 Å². The van der Waals surface area contributed by atoms with E-state index in [9.17, 15) is 4.39 Å². The fourth-order valence-corrected chi connectivity index (χ4v) is 2.93. The van der Waals surface area contributed by atoms with Crippen LogP contribution in [0.5, 0.6) is 5.75 Å². The van der Waals surface area contributed by atoms with Crippen molar-refractivity contribution in [3.63, 3.8) is 0 Å². The Kier molecular flexibility index (Phi) is 5.37. The molecule has 21 heavy (non-hydrogen) atoms. The maximum Gasteiger partial charge on any atom is 0.137 e. The lowest BCUT2D eigenvalue weighted by Crippen LogP contribution is -2.23. The zero-order chi connectivity index (χ0) is 15.4. The van der Waals surface area contributed by atoms with Gasteiger partial charge in [-0.05, 0) is 64.3 Å². The van der Waals surface area contributed by atoms with Gasteiger partial charge in [-0.1, -0.05) is 25.1 Å². The number of hydrogen-bond donors (Lipinski definition) is 1. The minimum absolute atomic E-state index is 0.0639. The Bertz CT molecular complexity index is 630. The summed E-state index contributed by atoms with van der Waals surface area (Å²) in [5.74, 6) is 0.575. The van der Waals surface area contributed by atoms with Gasteiger partial charge in [0, 0.05) is 0 Å². The second-order valence-corrected chi connectivity index (χ2v) is 5.65. The molecule has 0 aromatic heterocycles. The summed E-state index contributed by atoms with van der Waals surface area (Å²) in [6.07, 6.45) is 0. The van der Waals surface area contributed by atoms with Gasteiger partial charge < -0.3 is 10.1 Å². The third-order valence-electron chi connectivity index (χ3n) is 3.49. The third-order valence-corrected chi connectivity index (χ3v) is 4.33. The molecule has 1 N–H and O–H groups in total. The quantitative estimate of drug-likeness (QED) is 0.849. The van der Waals surface area contributed by atoms with Crippen molar-refractivity contribution >= 4 is 15.9 Å². The van der Waals surface area contributed by atoms with Crippen LogP contribution in [0.4, 0.5) is 4.39 Å². The van der Waals surface area contributed by atoms with Crippen LogP contribution >= 0.6 is 15.9 Å². The summed E-state index contributed by atoms with van der Waals surface area (Å²) in [6.45, 7) is 4.87. The SMILES string of the molecule is CCNC(c1ccc(OC)cc1C)c1cccc(F)c1Br. The van der Waals surface area contributed by atoms with Crippen molar-refractivity contribution in [3.05, 3.63) is 63.4 Å². The van der Waals surface area contributed by atoms with Gasteiger partial charge in [0.05, 0.1) is 17.6 Å². The molecule has 0 saturated carbocycles. The van der Waals surface area contributed by atoms with E-state index in [2.05, 4.69) is 21.2 Å². The van der Waals surface area contributed by atoms with Gasteiger partial charge in [0.2, 0.25) is 0 Å². The fraction of sp³-hybridized carbons (Fsp3) is 0.294. The lowest BCUT2D eigenvalue weighted by Gasteiger charge is -2.22. The van der Waals surface area contributed by atoms with Crippen molar-refractivity contribution in [1.29, 1.82) is 0 Å². The molecule has 1 unspecified atom stereocenters. The Morgan fingerprint density at radius 2 is 2.00 bits per heavy atom. The molecular formula is C17H19BrFNO. The smallest absolute Gasteiger partial charge is 0.137 e. The molecule has 0 aliphatic heterocycles. The molecule has 2 aromatic rings. The van der Waals surface area contributed by atoms with Crippen molar-refractivity contribution in [2.24, 2.45) is 0 Å². The lowest BCUT2D eigenvalue weighted by atomic mass is 9.94. The first-order valence-electron chi connectivity index (χ1n) is 6.90. The monoisotopic (exact) mass is 351 g/mol. The molecule has 0 fully saturated rings. The first-order chi connectivity index (χ1) is 10.1. The predicted octanol–water partition coefficient (Wildman–Crippen LogP) is 4.60. The first-order valence-corrected chi connectivity index (χ1v) is 7.69. The molecule has 0 spiro atoms. The number of benzene rings is 2. The van der Waals surface area contributed by atoms with E-state index in [1.54, 1.807) is 13.2 Å². The largest absolute Gasteiger partial charge is 0.497 e. The molecule has 112 valence electrons. The molecule has 0 heterocycles. The minimum atomic E-state index is -0.249. The van der Waals surface area contributed by atoms with Crippen LogP contribution in [0.15, 0.2) is 40.9 Å². The van der Waals surface area contributed by atoms with E-state index in [4.69, 9.17) is 4.74 Å². The van der Waals surface area contributed by atoms with Gasteiger partial charge in [-0.2, -0.15) is 0 Å². The summed E-state index contributed by atoms with van der Waals surface area (Å²) >= 11 is 3.36. The summed E-state index contributed by atoms with van der Waals surface area (Å²) in [7, 11) is 1.65. The highest BCUT2D eigenvalue weighted by atomic mass is 79.9. The molecular weight excluding hydrogens is 333 g/mol. The maximum atomic E-state index is 13.8. The second-order valence-electron chi connectivity index (χ2n) is 4.86. The zero-order valence-corrected chi connectivity index (χ0v) is 14.0. The number of nitrogens with one attached hydrogen (secondary N) is 1. The van der Waals surface area contributed by atoms with Crippen LogP contribution in [0.2, 0.25) is 0 Å². The van der Waals surface area contributed by atoms with Crippen molar-refractivity contribution in [3.8, 4) is 5.75 Å². The van der Waals surface area contributed by atoms with Gasteiger partial charge in [0.15, 0.2) is 0 Å². The van der Waals surface area contributed by atoms with E-state index in [0.717, 1.165) is 29.0 Å². The topological polar surface area (TPSA) is 21.3 Å². The Labute approximate surface area is 133 Å². The summed E-state index contributed by atoms with van der Waals surface area (Å²) in [5, 5.41) is 3.42. The number of methoxy groups -OCH3 is 1. The normalized spacial score (nSPS) is 12.2. The van der Waals surface area contributed by atoms with Crippen LogP contribution in [0.1, 0.15) is 29.7 Å². The van der Waals surface area contributed by atoms with Crippen LogP contribution in [0.3, 0.4) is 0 Å². The van der Waals surface area contributed by atoms with Gasteiger partial charge in [-0.15, -0.1) is 0 Å². The van der Waals surface area contributed by atoms with E-state index in [1.165, 1.54) is 6.07 Å². The highest BCUT2D eigenvalue weighted by Gasteiger charge is 2.19. The average molecular weight is 352 g/mol. The van der Waals surface area contributed by atoms with Gasteiger partial charge in [-0.3, -0.25) is 0 Å². The number of hydrogen-bond acceptors (Lipinski definition) is 2. The zero-order valence-electron chi connectivity index (χ0n) is 12.4. The first kappa shape index (κ1) is 16.0. The number of ether oxygens (including phenoxy) is 1. The van der Waals surface area contributed by atoms with Crippen LogP contribution in [-0.4, -0.2) is 13.7 Å². The van der Waals surface area contributed by atoms with Gasteiger partial charge >= 0.3 is 0 Å². The Morgan fingerprint density at radius 1 is 1.24 bits per heavy atom. The Balaban J connectivity index is 2.51. The number of halogens is 2. The fourth-order valence-electron chi connectivity index (χ4n) is 2.43. The highest BCUT2D eigenvalue weighted by Crippen LogP contribution is 2.33. The van der Waals surface area contributed by atoms with Crippen LogP contribution in [0, 0.1) is 12.7 Å². The van der Waals surface area contributed by atoms with Crippen molar-refractivity contribution in [1.82, 2.24) is 5.32 Å². The van der Waals surface area contributed by atoms with Crippen LogP contribution in [0.25, 0.3) is 0 Å². The molecule has 0 bridgehead atoms.